The zero-order valence-electron chi connectivity index (χ0n) is 15.6. The van der Waals surface area contributed by atoms with Crippen LogP contribution in [0.5, 0.6) is 5.75 Å². The van der Waals surface area contributed by atoms with Crippen molar-refractivity contribution in [2.24, 2.45) is 7.05 Å². The molecule has 1 aromatic carbocycles. The number of amides is 2. The Labute approximate surface area is 173 Å². The van der Waals surface area contributed by atoms with Gasteiger partial charge in [0.25, 0.3) is 11.5 Å². The molecule has 11 heteroatoms. The average molecular weight is 461 g/mol. The molecule has 29 heavy (non-hydrogen) atoms. The third kappa shape index (κ3) is 3.60. The first-order chi connectivity index (χ1) is 13.8. The second-order valence-electron chi connectivity index (χ2n) is 6.67. The third-order valence-corrected chi connectivity index (χ3v) is 5.15. The van der Waals surface area contributed by atoms with Crippen LogP contribution in [0.2, 0.25) is 0 Å². The van der Waals surface area contributed by atoms with Crippen LogP contribution in [-0.4, -0.2) is 37.8 Å². The van der Waals surface area contributed by atoms with Gasteiger partial charge in [0.05, 0.1) is 11.7 Å². The van der Waals surface area contributed by atoms with Gasteiger partial charge in [0, 0.05) is 7.05 Å². The minimum Gasteiger partial charge on any atom is -0.482 e. The van der Waals surface area contributed by atoms with Crippen molar-refractivity contribution in [2.75, 3.05) is 11.9 Å². The zero-order chi connectivity index (χ0) is 20.7. The van der Waals surface area contributed by atoms with E-state index in [0.717, 1.165) is 5.56 Å². The molecule has 2 N–H and O–H groups in total. The summed E-state index contributed by atoms with van der Waals surface area (Å²) >= 11 is 3.25. The number of aromatic nitrogens is 4. The van der Waals surface area contributed by atoms with Crippen LogP contribution < -0.4 is 20.9 Å². The molecule has 0 radical (unpaired) electrons. The van der Waals surface area contributed by atoms with E-state index in [2.05, 4.69) is 36.6 Å². The predicted molar refractivity (Wildman–Crippen MR) is 108 cm³/mol. The van der Waals surface area contributed by atoms with Crippen molar-refractivity contribution < 1.29 is 14.3 Å². The molecule has 3 heterocycles. The molecule has 3 aromatic rings. The van der Waals surface area contributed by atoms with Gasteiger partial charge in [-0.25, -0.2) is 9.67 Å². The fourth-order valence-electron chi connectivity index (χ4n) is 3.14. The summed E-state index contributed by atoms with van der Waals surface area (Å²) in [6, 6.07) is 4.97. The molecule has 1 unspecified atom stereocenters. The number of benzene rings is 1. The number of carbonyl (C=O) groups excluding carboxylic acids is 2. The summed E-state index contributed by atoms with van der Waals surface area (Å²) in [7, 11) is 1.68. The number of rotatable bonds is 4. The Balaban J connectivity index is 1.50. The maximum absolute atomic E-state index is 12.7. The Bertz CT molecular complexity index is 1200. The lowest BCUT2D eigenvalue weighted by atomic mass is 10.1. The zero-order valence-corrected chi connectivity index (χ0v) is 17.2. The monoisotopic (exact) mass is 460 g/mol. The molecule has 0 bridgehead atoms. The molecule has 1 atom stereocenters. The normalized spacial score (nSPS) is 14.1. The van der Waals surface area contributed by atoms with Crippen LogP contribution in [0.3, 0.4) is 0 Å². The molecule has 150 valence electrons. The summed E-state index contributed by atoms with van der Waals surface area (Å²) < 4.78 is 8.44. The highest BCUT2D eigenvalue weighted by Crippen LogP contribution is 2.30. The molecule has 0 saturated carbocycles. The van der Waals surface area contributed by atoms with Crippen molar-refractivity contribution in [3.8, 4) is 5.75 Å². The highest BCUT2D eigenvalue weighted by Gasteiger charge is 2.19. The van der Waals surface area contributed by atoms with Crippen LogP contribution in [0.25, 0.3) is 11.0 Å². The Hall–Kier alpha value is -3.21. The number of halogens is 1. The van der Waals surface area contributed by atoms with Crippen molar-refractivity contribution >= 4 is 44.5 Å². The van der Waals surface area contributed by atoms with E-state index in [1.54, 1.807) is 19.2 Å². The number of nitrogens with one attached hydrogen (secondary N) is 2. The van der Waals surface area contributed by atoms with Crippen molar-refractivity contribution in [2.45, 2.75) is 19.5 Å². The quantitative estimate of drug-likeness (QED) is 0.601. The summed E-state index contributed by atoms with van der Waals surface area (Å²) in [6.45, 7) is 1.62. The first-order valence-electron chi connectivity index (χ1n) is 8.77. The molecule has 2 aromatic heterocycles. The lowest BCUT2D eigenvalue weighted by Gasteiger charge is -2.21. The number of fused-ring (bicyclic) bond motifs is 2. The third-order valence-electron chi connectivity index (χ3n) is 4.60. The first kappa shape index (κ1) is 19.1. The second kappa shape index (κ2) is 7.32. The first-order valence-corrected chi connectivity index (χ1v) is 9.56. The minimum absolute atomic E-state index is 0.0151. The number of nitrogens with zero attached hydrogens (tertiary/aromatic N) is 4. The molecular weight excluding hydrogens is 444 g/mol. The van der Waals surface area contributed by atoms with Crippen LogP contribution >= 0.6 is 15.9 Å². The molecule has 0 spiro atoms. The van der Waals surface area contributed by atoms with E-state index in [9.17, 15) is 14.4 Å². The van der Waals surface area contributed by atoms with E-state index in [4.69, 9.17) is 4.74 Å². The second-order valence-corrected chi connectivity index (χ2v) is 7.42. The van der Waals surface area contributed by atoms with E-state index in [1.807, 2.05) is 13.0 Å². The maximum atomic E-state index is 12.7. The Morgan fingerprint density at radius 1 is 1.41 bits per heavy atom. The molecule has 2 amide bonds. The van der Waals surface area contributed by atoms with Crippen molar-refractivity contribution in [3.63, 3.8) is 0 Å². The largest absolute Gasteiger partial charge is 0.482 e. The molecule has 10 nitrogen and oxygen atoms in total. The molecule has 1 aliphatic rings. The Morgan fingerprint density at radius 3 is 3.00 bits per heavy atom. The lowest BCUT2D eigenvalue weighted by molar-refractivity contribution is -0.122. The number of hydrogen-bond donors (Lipinski definition) is 2. The van der Waals surface area contributed by atoms with Crippen molar-refractivity contribution in [1.29, 1.82) is 0 Å². The SMILES string of the molecule is CC(NC(=O)Cn1cnc2c(c(Br)nn2C)c1=O)c1ccc2c(c1)NC(=O)CO2. The molecule has 4 rings (SSSR count). The number of carbonyl (C=O) groups is 2. The number of ether oxygens (including phenoxy) is 1. The lowest BCUT2D eigenvalue weighted by Crippen LogP contribution is -2.34. The Morgan fingerprint density at radius 2 is 2.21 bits per heavy atom. The average Bonchev–Trinajstić information content (AvgIpc) is 2.97. The number of aryl methyl sites for hydroxylation is 1. The van der Waals surface area contributed by atoms with Gasteiger partial charge in [-0.05, 0) is 40.5 Å². The minimum atomic E-state index is -0.355. The maximum Gasteiger partial charge on any atom is 0.266 e. The summed E-state index contributed by atoms with van der Waals surface area (Å²) in [4.78, 5) is 40.8. The van der Waals surface area contributed by atoms with Gasteiger partial charge in [-0.15, -0.1) is 0 Å². The summed E-state index contributed by atoms with van der Waals surface area (Å²) in [5, 5.41) is 10.0. The van der Waals surface area contributed by atoms with Crippen LogP contribution in [-0.2, 0) is 23.2 Å². The van der Waals surface area contributed by atoms with E-state index in [1.165, 1.54) is 15.6 Å². The van der Waals surface area contributed by atoms with Gasteiger partial charge in [-0.1, -0.05) is 6.07 Å². The van der Waals surface area contributed by atoms with Gasteiger partial charge in [0.1, 0.15) is 28.6 Å². The Kier molecular flexibility index (Phi) is 4.82. The summed E-state index contributed by atoms with van der Waals surface area (Å²) in [5.41, 5.74) is 1.43. The summed E-state index contributed by atoms with van der Waals surface area (Å²) in [5.74, 6) is 0.00814. The van der Waals surface area contributed by atoms with Crippen LogP contribution in [0.1, 0.15) is 18.5 Å². The van der Waals surface area contributed by atoms with Crippen molar-refractivity contribution in [1.82, 2.24) is 24.6 Å². The molecule has 0 saturated heterocycles. The van der Waals surface area contributed by atoms with E-state index >= 15 is 0 Å². The predicted octanol–water partition coefficient (Wildman–Crippen LogP) is 1.10. The van der Waals surface area contributed by atoms with Gasteiger partial charge in [0.2, 0.25) is 5.91 Å². The molecule has 1 aliphatic heterocycles. The van der Waals surface area contributed by atoms with E-state index < -0.39 is 0 Å². The molecule has 0 aliphatic carbocycles. The van der Waals surface area contributed by atoms with Gasteiger partial charge in [-0.3, -0.25) is 19.0 Å². The molecular formula is C18H17BrN6O4. The smallest absolute Gasteiger partial charge is 0.266 e. The van der Waals surface area contributed by atoms with Crippen molar-refractivity contribution in [3.05, 3.63) is 45.0 Å². The number of anilines is 1. The highest BCUT2D eigenvalue weighted by atomic mass is 79.9. The van der Waals surface area contributed by atoms with Gasteiger partial charge in [-0.2, -0.15) is 5.10 Å². The van der Waals surface area contributed by atoms with Gasteiger partial charge >= 0.3 is 0 Å². The topological polar surface area (TPSA) is 120 Å². The van der Waals surface area contributed by atoms with Gasteiger partial charge < -0.3 is 15.4 Å². The van der Waals surface area contributed by atoms with Crippen LogP contribution in [0, 0.1) is 0 Å². The van der Waals surface area contributed by atoms with E-state index in [0.29, 0.717) is 27.1 Å². The standard InChI is InChI=1S/C18H17BrN6O4/c1-9(10-3-4-12-11(5-10)22-14(27)7-29-12)21-13(26)6-25-8-20-17-15(18(25)28)16(19)23-24(17)2/h3-5,8-9H,6-7H2,1-2H3,(H,21,26)(H,22,27). The molecule has 0 fully saturated rings. The van der Waals surface area contributed by atoms with Gasteiger partial charge in [0.15, 0.2) is 12.3 Å². The number of hydrogen-bond acceptors (Lipinski definition) is 6. The van der Waals surface area contributed by atoms with Crippen LogP contribution in [0.15, 0.2) is 33.9 Å². The fourth-order valence-corrected chi connectivity index (χ4v) is 3.73. The fraction of sp³-hybridized carbons (Fsp3) is 0.278. The van der Waals surface area contributed by atoms with E-state index in [-0.39, 0.29) is 36.6 Å². The van der Waals surface area contributed by atoms with Crippen LogP contribution in [0.4, 0.5) is 5.69 Å². The highest BCUT2D eigenvalue weighted by molar-refractivity contribution is 9.10. The summed E-state index contributed by atoms with van der Waals surface area (Å²) in [6.07, 6.45) is 1.33.